The number of nitrogens with zero attached hydrogens (tertiary/aromatic N) is 3. The first-order chi connectivity index (χ1) is 11.2. The number of hydrogen-bond acceptors (Lipinski definition) is 3. The summed E-state index contributed by atoms with van der Waals surface area (Å²) in [6.07, 6.45) is 2.64. The highest BCUT2D eigenvalue weighted by atomic mass is 32.1. The number of fused-ring (bicyclic) bond motifs is 1. The maximum Gasteiger partial charge on any atom is 0.165 e. The molecule has 0 saturated carbocycles. The van der Waals surface area contributed by atoms with Gasteiger partial charge in [-0.3, -0.25) is 4.57 Å². The van der Waals surface area contributed by atoms with Crippen molar-refractivity contribution in [3.05, 3.63) is 76.6 Å². The predicted molar refractivity (Wildman–Crippen MR) is 95.5 cm³/mol. The van der Waals surface area contributed by atoms with Gasteiger partial charge in [0.05, 0.1) is 0 Å². The molecule has 4 aromatic rings. The van der Waals surface area contributed by atoms with E-state index in [0.717, 1.165) is 23.4 Å². The van der Waals surface area contributed by atoms with E-state index in [-0.39, 0.29) is 0 Å². The fourth-order valence-electron chi connectivity index (χ4n) is 2.83. The molecule has 0 N–H and O–H groups in total. The van der Waals surface area contributed by atoms with Crippen molar-refractivity contribution < 1.29 is 0 Å². The lowest BCUT2D eigenvalue weighted by atomic mass is 10.1. The molecule has 0 radical (unpaired) electrons. The van der Waals surface area contributed by atoms with Gasteiger partial charge in [-0.2, -0.15) is 0 Å². The van der Waals surface area contributed by atoms with Crippen LogP contribution in [-0.4, -0.2) is 14.5 Å². The first-order valence-electron chi connectivity index (χ1n) is 7.66. The standard InChI is InChI=1S/C19H17N3S/c1-13-6-3-4-7-15(13)12-17-21-16-8-5-11-20-19(16)22(17)18-10-9-14(2)23-18/h3-11H,12H2,1-2H3. The molecular formula is C19H17N3S. The number of aryl methyl sites for hydroxylation is 2. The zero-order valence-corrected chi connectivity index (χ0v) is 14.0. The molecule has 3 nitrogen and oxygen atoms in total. The van der Waals surface area contributed by atoms with E-state index in [9.17, 15) is 0 Å². The van der Waals surface area contributed by atoms with Crippen LogP contribution in [0.4, 0.5) is 0 Å². The van der Waals surface area contributed by atoms with E-state index < -0.39 is 0 Å². The predicted octanol–water partition coefficient (Wildman–Crippen LogP) is 4.69. The van der Waals surface area contributed by atoms with Crippen LogP contribution in [0.1, 0.15) is 21.8 Å². The normalized spacial score (nSPS) is 11.2. The fraction of sp³-hybridized carbons (Fsp3) is 0.158. The second kappa shape index (κ2) is 5.63. The van der Waals surface area contributed by atoms with Crippen molar-refractivity contribution in [3.8, 4) is 5.00 Å². The lowest BCUT2D eigenvalue weighted by molar-refractivity contribution is 0.931. The minimum atomic E-state index is 0.806. The van der Waals surface area contributed by atoms with Gasteiger partial charge in [-0.25, -0.2) is 9.97 Å². The number of imidazole rings is 1. The van der Waals surface area contributed by atoms with Crippen molar-refractivity contribution >= 4 is 22.5 Å². The van der Waals surface area contributed by atoms with Gasteiger partial charge in [0.2, 0.25) is 0 Å². The molecule has 1 aromatic carbocycles. The SMILES string of the molecule is Cc1ccc(-n2c(Cc3ccccc3C)nc3cccnc32)s1. The Morgan fingerprint density at radius 1 is 1.00 bits per heavy atom. The van der Waals surface area contributed by atoms with Gasteiger partial charge in [-0.05, 0) is 49.2 Å². The molecule has 0 amide bonds. The Labute approximate surface area is 139 Å². The molecule has 0 spiro atoms. The highest BCUT2D eigenvalue weighted by Gasteiger charge is 2.15. The highest BCUT2D eigenvalue weighted by molar-refractivity contribution is 7.14. The Kier molecular flexibility index (Phi) is 3.46. The molecule has 23 heavy (non-hydrogen) atoms. The molecule has 0 aliphatic rings. The second-order valence-corrected chi connectivity index (χ2v) is 6.96. The summed E-state index contributed by atoms with van der Waals surface area (Å²) in [5, 5.41) is 1.17. The summed E-state index contributed by atoms with van der Waals surface area (Å²) in [5.74, 6) is 1.04. The van der Waals surface area contributed by atoms with Crippen molar-refractivity contribution in [2.24, 2.45) is 0 Å². The second-order valence-electron chi connectivity index (χ2n) is 5.70. The lowest BCUT2D eigenvalue weighted by Crippen LogP contribution is -2.02. The van der Waals surface area contributed by atoms with Gasteiger partial charge in [-0.1, -0.05) is 24.3 Å². The molecule has 0 fully saturated rings. The van der Waals surface area contributed by atoms with Crippen LogP contribution in [0.5, 0.6) is 0 Å². The van der Waals surface area contributed by atoms with E-state index in [1.54, 1.807) is 11.3 Å². The first kappa shape index (κ1) is 14.2. The molecule has 3 heterocycles. The van der Waals surface area contributed by atoms with Crippen LogP contribution in [0, 0.1) is 13.8 Å². The molecule has 4 rings (SSSR count). The zero-order chi connectivity index (χ0) is 15.8. The number of aromatic nitrogens is 3. The van der Waals surface area contributed by atoms with Gasteiger partial charge < -0.3 is 0 Å². The van der Waals surface area contributed by atoms with E-state index in [0.29, 0.717) is 0 Å². The quantitative estimate of drug-likeness (QED) is 0.548. The monoisotopic (exact) mass is 319 g/mol. The molecule has 4 heteroatoms. The highest BCUT2D eigenvalue weighted by Crippen LogP contribution is 2.27. The van der Waals surface area contributed by atoms with Gasteiger partial charge in [0.15, 0.2) is 5.65 Å². The minimum absolute atomic E-state index is 0.806. The van der Waals surface area contributed by atoms with Gasteiger partial charge in [0, 0.05) is 17.5 Å². The average molecular weight is 319 g/mol. The van der Waals surface area contributed by atoms with Gasteiger partial charge in [0.25, 0.3) is 0 Å². The first-order valence-corrected chi connectivity index (χ1v) is 8.48. The largest absolute Gasteiger partial charge is 0.271 e. The smallest absolute Gasteiger partial charge is 0.165 e. The average Bonchev–Trinajstić information content (AvgIpc) is 3.12. The maximum absolute atomic E-state index is 4.84. The van der Waals surface area contributed by atoms with E-state index in [2.05, 4.69) is 59.8 Å². The molecule has 0 aliphatic carbocycles. The minimum Gasteiger partial charge on any atom is -0.271 e. The Hall–Kier alpha value is -2.46. The number of benzene rings is 1. The van der Waals surface area contributed by atoms with Crippen molar-refractivity contribution in [3.63, 3.8) is 0 Å². The topological polar surface area (TPSA) is 30.7 Å². The van der Waals surface area contributed by atoms with Crippen LogP contribution >= 0.6 is 11.3 Å². The molecule has 0 bridgehead atoms. The molecule has 3 aromatic heterocycles. The maximum atomic E-state index is 4.84. The van der Waals surface area contributed by atoms with E-state index in [1.807, 2.05) is 18.3 Å². The Balaban J connectivity index is 1.90. The van der Waals surface area contributed by atoms with Gasteiger partial charge in [0.1, 0.15) is 16.3 Å². The molecule has 114 valence electrons. The third-order valence-corrected chi connectivity index (χ3v) is 5.03. The number of thiophene rings is 1. The molecule has 0 aliphatic heterocycles. The summed E-state index contributed by atoms with van der Waals surface area (Å²) in [6.45, 7) is 4.28. The van der Waals surface area contributed by atoms with E-state index >= 15 is 0 Å². The Morgan fingerprint density at radius 3 is 2.65 bits per heavy atom. The summed E-state index contributed by atoms with van der Waals surface area (Å²) < 4.78 is 2.19. The van der Waals surface area contributed by atoms with Crippen molar-refractivity contribution in [1.82, 2.24) is 14.5 Å². The summed E-state index contributed by atoms with van der Waals surface area (Å²) in [4.78, 5) is 10.7. The summed E-state index contributed by atoms with van der Waals surface area (Å²) >= 11 is 1.77. The van der Waals surface area contributed by atoms with Crippen molar-refractivity contribution in [2.75, 3.05) is 0 Å². The van der Waals surface area contributed by atoms with Gasteiger partial charge in [-0.15, -0.1) is 11.3 Å². The molecule has 0 atom stereocenters. The van der Waals surface area contributed by atoms with Crippen molar-refractivity contribution in [2.45, 2.75) is 20.3 Å². The molecule has 0 saturated heterocycles. The summed E-state index contributed by atoms with van der Waals surface area (Å²) in [5.41, 5.74) is 4.47. The van der Waals surface area contributed by atoms with Crippen LogP contribution in [0.25, 0.3) is 16.2 Å². The number of pyridine rings is 1. The van der Waals surface area contributed by atoms with E-state index in [4.69, 9.17) is 4.98 Å². The third-order valence-electron chi connectivity index (χ3n) is 4.04. The van der Waals surface area contributed by atoms with Crippen molar-refractivity contribution in [1.29, 1.82) is 0 Å². The molecule has 0 unspecified atom stereocenters. The Bertz CT molecular complexity index is 981. The van der Waals surface area contributed by atoms with Crippen LogP contribution in [0.3, 0.4) is 0 Å². The third kappa shape index (κ3) is 2.55. The summed E-state index contributed by atoms with van der Waals surface area (Å²) in [7, 11) is 0. The van der Waals surface area contributed by atoms with Gasteiger partial charge >= 0.3 is 0 Å². The zero-order valence-electron chi connectivity index (χ0n) is 13.2. The molecular weight excluding hydrogens is 302 g/mol. The van der Waals surface area contributed by atoms with E-state index in [1.165, 1.54) is 21.0 Å². The van der Waals surface area contributed by atoms with Crippen LogP contribution in [0.15, 0.2) is 54.7 Å². The van der Waals surface area contributed by atoms with Crippen LogP contribution < -0.4 is 0 Å². The number of rotatable bonds is 3. The summed E-state index contributed by atoms with van der Waals surface area (Å²) in [6, 6.07) is 16.7. The van der Waals surface area contributed by atoms with Crippen LogP contribution in [-0.2, 0) is 6.42 Å². The fourth-order valence-corrected chi connectivity index (χ4v) is 3.72. The number of hydrogen-bond donors (Lipinski definition) is 0. The lowest BCUT2D eigenvalue weighted by Gasteiger charge is -2.08. The Morgan fingerprint density at radius 2 is 1.87 bits per heavy atom. The van der Waals surface area contributed by atoms with Crippen LogP contribution in [0.2, 0.25) is 0 Å².